The zero-order chi connectivity index (χ0) is 12.4. The second kappa shape index (κ2) is 4.90. The van der Waals surface area contributed by atoms with Gasteiger partial charge in [0.2, 0.25) is 0 Å². The molecule has 1 rings (SSSR count). The predicted octanol–water partition coefficient (Wildman–Crippen LogP) is 4.95. The molecule has 1 unspecified atom stereocenters. The number of hydrogen-bond donors (Lipinski definition) is 0. The second-order valence-corrected chi connectivity index (χ2v) is 10.8. The summed E-state index contributed by atoms with van der Waals surface area (Å²) in [5, 5.41) is 0.189. The van der Waals surface area contributed by atoms with E-state index in [0.29, 0.717) is 0 Å². The fourth-order valence-electron chi connectivity index (χ4n) is 1.11. The second-order valence-electron chi connectivity index (χ2n) is 5.60. The molecule has 0 fully saturated rings. The largest absolute Gasteiger partial charge is 0.397 e. The SMILES string of the molecule is CC(C)(C)[Si](C)(C)OC(Cl)c1ccccc1. The first-order chi connectivity index (χ1) is 7.24. The lowest BCUT2D eigenvalue weighted by molar-refractivity contribution is 0.260. The summed E-state index contributed by atoms with van der Waals surface area (Å²) < 4.78 is 6.09. The lowest BCUT2D eigenvalue weighted by atomic mass is 10.2. The summed E-state index contributed by atoms with van der Waals surface area (Å²) in [6.07, 6.45) is 0. The fraction of sp³-hybridized carbons (Fsp3) is 0.538. The highest BCUT2D eigenvalue weighted by molar-refractivity contribution is 6.74. The van der Waals surface area contributed by atoms with Crippen LogP contribution in [-0.4, -0.2) is 8.32 Å². The Balaban J connectivity index is 2.76. The Hall–Kier alpha value is -0.313. The Morgan fingerprint density at radius 1 is 1.12 bits per heavy atom. The summed E-state index contributed by atoms with van der Waals surface area (Å²) >= 11 is 6.31. The molecule has 0 heterocycles. The van der Waals surface area contributed by atoms with Crippen LogP contribution in [0.25, 0.3) is 0 Å². The summed E-state index contributed by atoms with van der Waals surface area (Å²) in [7, 11) is -1.78. The molecule has 0 saturated carbocycles. The Bertz CT molecular complexity index is 330. The van der Waals surface area contributed by atoms with Gasteiger partial charge in [-0.2, -0.15) is 0 Å². The van der Waals surface area contributed by atoms with Crippen LogP contribution < -0.4 is 0 Å². The van der Waals surface area contributed by atoms with E-state index in [-0.39, 0.29) is 10.6 Å². The summed E-state index contributed by atoms with van der Waals surface area (Å²) in [4.78, 5) is 0. The van der Waals surface area contributed by atoms with Gasteiger partial charge in [-0.05, 0) is 23.7 Å². The van der Waals surface area contributed by atoms with Crippen LogP contribution in [0.15, 0.2) is 30.3 Å². The van der Waals surface area contributed by atoms with Crippen molar-refractivity contribution in [3.63, 3.8) is 0 Å². The van der Waals surface area contributed by atoms with Crippen molar-refractivity contribution in [3.8, 4) is 0 Å². The van der Waals surface area contributed by atoms with Crippen LogP contribution in [-0.2, 0) is 4.43 Å². The molecule has 0 aliphatic carbocycles. The van der Waals surface area contributed by atoms with Crippen molar-refractivity contribution in [3.05, 3.63) is 35.9 Å². The van der Waals surface area contributed by atoms with Crippen LogP contribution in [0.2, 0.25) is 18.1 Å². The van der Waals surface area contributed by atoms with E-state index in [0.717, 1.165) is 5.56 Å². The van der Waals surface area contributed by atoms with Gasteiger partial charge in [0.25, 0.3) is 0 Å². The van der Waals surface area contributed by atoms with Crippen LogP contribution in [0, 0.1) is 0 Å². The van der Waals surface area contributed by atoms with Crippen LogP contribution in [0.5, 0.6) is 0 Å². The summed E-state index contributed by atoms with van der Waals surface area (Å²) in [5.41, 5.74) is 0.705. The van der Waals surface area contributed by atoms with Crippen LogP contribution in [0.1, 0.15) is 31.9 Å². The third-order valence-corrected chi connectivity index (χ3v) is 8.19. The van der Waals surface area contributed by atoms with Crippen molar-refractivity contribution in [2.75, 3.05) is 0 Å². The van der Waals surface area contributed by atoms with Crippen LogP contribution >= 0.6 is 11.6 Å². The average Bonchev–Trinajstić information content (AvgIpc) is 2.16. The lowest BCUT2D eigenvalue weighted by Gasteiger charge is -2.37. The molecule has 0 spiro atoms. The Kier molecular flexibility index (Phi) is 4.21. The molecule has 1 aromatic carbocycles. The van der Waals surface area contributed by atoms with Crippen molar-refractivity contribution in [2.45, 2.75) is 44.5 Å². The molecule has 16 heavy (non-hydrogen) atoms. The van der Waals surface area contributed by atoms with Gasteiger partial charge in [0.15, 0.2) is 8.32 Å². The molecule has 1 aromatic rings. The Morgan fingerprint density at radius 2 is 1.62 bits per heavy atom. The molecular weight excluding hydrogens is 236 g/mol. The van der Waals surface area contributed by atoms with Gasteiger partial charge in [0, 0.05) is 0 Å². The first-order valence-corrected chi connectivity index (χ1v) is 8.95. The number of halogens is 1. The maximum Gasteiger partial charge on any atom is 0.194 e. The van der Waals surface area contributed by atoms with E-state index in [2.05, 4.69) is 33.9 Å². The molecule has 0 aromatic heterocycles. The summed E-state index contributed by atoms with van der Waals surface area (Å²) in [6, 6.07) is 9.97. The topological polar surface area (TPSA) is 9.23 Å². The standard InChI is InChI=1S/C13H21ClOSi/c1-13(2,3)16(4,5)15-12(14)11-9-7-6-8-10-11/h6-10,12H,1-5H3. The molecule has 0 amide bonds. The highest BCUT2D eigenvalue weighted by Crippen LogP contribution is 2.40. The molecule has 3 heteroatoms. The first kappa shape index (κ1) is 13.8. The van der Waals surface area contributed by atoms with Gasteiger partial charge in [0.1, 0.15) is 5.56 Å². The molecule has 0 N–H and O–H groups in total. The van der Waals surface area contributed by atoms with E-state index >= 15 is 0 Å². The van der Waals surface area contributed by atoms with Gasteiger partial charge >= 0.3 is 0 Å². The zero-order valence-corrected chi connectivity index (χ0v) is 12.5. The predicted molar refractivity (Wildman–Crippen MR) is 73.3 cm³/mol. The van der Waals surface area contributed by atoms with E-state index in [1.807, 2.05) is 30.3 Å². The van der Waals surface area contributed by atoms with Gasteiger partial charge in [0.05, 0.1) is 0 Å². The molecule has 1 nitrogen and oxygen atoms in total. The average molecular weight is 257 g/mol. The quantitative estimate of drug-likeness (QED) is 0.550. The van der Waals surface area contributed by atoms with Gasteiger partial charge in [-0.25, -0.2) is 0 Å². The van der Waals surface area contributed by atoms with Gasteiger partial charge in [-0.15, -0.1) is 0 Å². The molecule has 0 aliphatic heterocycles. The summed E-state index contributed by atoms with van der Waals surface area (Å²) in [6.45, 7) is 11.1. The third kappa shape index (κ3) is 3.34. The van der Waals surface area contributed by atoms with Crippen molar-refractivity contribution < 1.29 is 4.43 Å². The minimum absolute atomic E-state index is 0.189. The number of alkyl halides is 1. The molecule has 0 aliphatic rings. The minimum Gasteiger partial charge on any atom is -0.397 e. The van der Waals surface area contributed by atoms with Crippen LogP contribution in [0.4, 0.5) is 0 Å². The summed E-state index contributed by atoms with van der Waals surface area (Å²) in [5.74, 6) is 0. The van der Waals surface area contributed by atoms with E-state index in [1.54, 1.807) is 0 Å². The lowest BCUT2D eigenvalue weighted by Crippen LogP contribution is -2.41. The molecular formula is C13H21ClOSi. The highest BCUT2D eigenvalue weighted by atomic mass is 35.5. The highest BCUT2D eigenvalue weighted by Gasteiger charge is 2.39. The number of hydrogen-bond acceptors (Lipinski definition) is 1. The maximum absolute atomic E-state index is 6.31. The molecule has 90 valence electrons. The van der Waals surface area contributed by atoms with E-state index in [1.165, 1.54) is 0 Å². The monoisotopic (exact) mass is 256 g/mol. The first-order valence-electron chi connectivity index (χ1n) is 5.61. The molecule has 0 radical (unpaired) electrons. The third-order valence-electron chi connectivity index (χ3n) is 3.27. The van der Waals surface area contributed by atoms with Crippen molar-refractivity contribution in [2.24, 2.45) is 0 Å². The fourth-order valence-corrected chi connectivity index (χ4v) is 2.93. The Morgan fingerprint density at radius 3 is 2.06 bits per heavy atom. The van der Waals surface area contributed by atoms with Gasteiger partial charge in [-0.3, -0.25) is 0 Å². The molecule has 0 bridgehead atoms. The molecule has 1 atom stereocenters. The number of benzene rings is 1. The minimum atomic E-state index is -1.78. The zero-order valence-electron chi connectivity index (χ0n) is 10.8. The number of rotatable bonds is 3. The van der Waals surface area contributed by atoms with Gasteiger partial charge in [-0.1, -0.05) is 62.7 Å². The maximum atomic E-state index is 6.31. The van der Waals surface area contributed by atoms with Gasteiger partial charge < -0.3 is 4.43 Å². The molecule has 0 saturated heterocycles. The van der Waals surface area contributed by atoms with Crippen LogP contribution in [0.3, 0.4) is 0 Å². The van der Waals surface area contributed by atoms with Crippen molar-refractivity contribution >= 4 is 19.9 Å². The van der Waals surface area contributed by atoms with E-state index < -0.39 is 8.32 Å². The smallest absolute Gasteiger partial charge is 0.194 e. The van der Waals surface area contributed by atoms with Crippen molar-refractivity contribution in [1.29, 1.82) is 0 Å². The van der Waals surface area contributed by atoms with E-state index in [4.69, 9.17) is 16.0 Å². The normalized spacial score (nSPS) is 14.9. The van der Waals surface area contributed by atoms with Crippen molar-refractivity contribution in [1.82, 2.24) is 0 Å². The Labute approximate surface area is 105 Å². The van der Waals surface area contributed by atoms with E-state index in [9.17, 15) is 0 Å².